The van der Waals surface area contributed by atoms with Crippen LogP contribution in [-0.2, 0) is 16.6 Å². The SMILES string of the molecule is CC(C)(C)c1csc(CC(O)COCC(F)(F)F)n1. The maximum absolute atomic E-state index is 11.9. The molecule has 3 nitrogen and oxygen atoms in total. The molecule has 19 heavy (non-hydrogen) atoms. The molecule has 1 atom stereocenters. The lowest BCUT2D eigenvalue weighted by Crippen LogP contribution is -2.24. The third-order valence-corrected chi connectivity index (χ3v) is 3.18. The molecule has 0 aliphatic heterocycles. The first kappa shape index (κ1) is 16.4. The molecule has 0 aliphatic rings. The Morgan fingerprint density at radius 1 is 1.37 bits per heavy atom. The molecule has 1 N–H and O–H groups in total. The van der Waals surface area contributed by atoms with Crippen LogP contribution in [0.15, 0.2) is 5.38 Å². The third-order valence-electron chi connectivity index (χ3n) is 2.31. The standard InChI is InChI=1S/C12H18F3NO2S/c1-11(2,3)9-6-19-10(16-9)4-8(17)5-18-7-12(13,14)15/h6,8,17H,4-5,7H2,1-3H3. The molecule has 110 valence electrons. The molecule has 0 saturated heterocycles. The van der Waals surface area contributed by atoms with Crippen molar-refractivity contribution in [1.82, 2.24) is 4.98 Å². The van der Waals surface area contributed by atoms with Crippen LogP contribution in [0.1, 0.15) is 31.5 Å². The van der Waals surface area contributed by atoms with E-state index >= 15 is 0 Å². The van der Waals surface area contributed by atoms with E-state index in [1.807, 2.05) is 26.2 Å². The van der Waals surface area contributed by atoms with Crippen LogP contribution in [0, 0.1) is 0 Å². The van der Waals surface area contributed by atoms with Crippen molar-refractivity contribution in [3.8, 4) is 0 Å². The molecule has 1 aromatic rings. The number of hydrogen-bond donors (Lipinski definition) is 1. The predicted octanol–water partition coefficient (Wildman–Crippen LogP) is 2.92. The van der Waals surface area contributed by atoms with Crippen LogP contribution >= 0.6 is 11.3 Å². The molecular formula is C12H18F3NO2S. The second-order valence-electron chi connectivity index (χ2n) is 5.36. The van der Waals surface area contributed by atoms with E-state index in [4.69, 9.17) is 0 Å². The number of aliphatic hydroxyl groups is 1. The zero-order valence-corrected chi connectivity index (χ0v) is 11.9. The summed E-state index contributed by atoms with van der Waals surface area (Å²) in [4.78, 5) is 4.36. The highest BCUT2D eigenvalue weighted by atomic mass is 32.1. The van der Waals surface area contributed by atoms with Gasteiger partial charge in [0.1, 0.15) is 6.61 Å². The second kappa shape index (κ2) is 6.19. The van der Waals surface area contributed by atoms with Gasteiger partial charge in [0.25, 0.3) is 0 Å². The summed E-state index contributed by atoms with van der Waals surface area (Å²) < 4.78 is 40.0. The van der Waals surface area contributed by atoms with Gasteiger partial charge in [-0.1, -0.05) is 20.8 Å². The van der Waals surface area contributed by atoms with Gasteiger partial charge in [-0.05, 0) is 0 Å². The average Bonchev–Trinajstić information content (AvgIpc) is 2.63. The van der Waals surface area contributed by atoms with E-state index in [1.165, 1.54) is 11.3 Å². The molecule has 0 aliphatic carbocycles. The number of halogens is 3. The summed E-state index contributed by atoms with van der Waals surface area (Å²) in [5.74, 6) is 0. The fourth-order valence-corrected chi connectivity index (χ4v) is 2.41. The van der Waals surface area contributed by atoms with Gasteiger partial charge in [0.05, 0.1) is 23.4 Å². The molecule has 0 spiro atoms. The normalized spacial score (nSPS) is 14.7. The molecule has 0 amide bonds. The molecule has 0 bridgehead atoms. The highest BCUT2D eigenvalue weighted by molar-refractivity contribution is 7.09. The fourth-order valence-electron chi connectivity index (χ4n) is 1.32. The van der Waals surface area contributed by atoms with E-state index in [0.29, 0.717) is 5.01 Å². The lowest BCUT2D eigenvalue weighted by Gasteiger charge is -2.14. The smallest absolute Gasteiger partial charge is 0.390 e. The van der Waals surface area contributed by atoms with Crippen LogP contribution in [0.25, 0.3) is 0 Å². The summed E-state index contributed by atoms with van der Waals surface area (Å²) in [6, 6.07) is 0. The lowest BCUT2D eigenvalue weighted by atomic mass is 9.93. The van der Waals surface area contributed by atoms with E-state index in [9.17, 15) is 18.3 Å². The van der Waals surface area contributed by atoms with Gasteiger partial charge in [-0.15, -0.1) is 11.3 Å². The maximum Gasteiger partial charge on any atom is 0.411 e. The van der Waals surface area contributed by atoms with Gasteiger partial charge in [0, 0.05) is 17.2 Å². The van der Waals surface area contributed by atoms with Crippen molar-refractivity contribution in [1.29, 1.82) is 0 Å². The number of hydrogen-bond acceptors (Lipinski definition) is 4. The molecular weight excluding hydrogens is 279 g/mol. The number of thiazole rings is 1. The molecule has 1 rings (SSSR count). The molecule has 0 radical (unpaired) electrons. The zero-order valence-electron chi connectivity index (χ0n) is 11.1. The number of rotatable bonds is 5. The molecule has 0 fully saturated rings. The summed E-state index contributed by atoms with van der Waals surface area (Å²) >= 11 is 1.39. The van der Waals surface area contributed by atoms with Gasteiger partial charge in [-0.25, -0.2) is 4.98 Å². The van der Waals surface area contributed by atoms with Crippen LogP contribution in [-0.4, -0.2) is 35.6 Å². The Morgan fingerprint density at radius 3 is 2.47 bits per heavy atom. The number of alkyl halides is 3. The van der Waals surface area contributed by atoms with Crippen LogP contribution in [0.4, 0.5) is 13.2 Å². The van der Waals surface area contributed by atoms with Crippen LogP contribution in [0.2, 0.25) is 0 Å². The van der Waals surface area contributed by atoms with Gasteiger partial charge in [-0.3, -0.25) is 0 Å². The summed E-state index contributed by atoms with van der Waals surface area (Å²) in [6.07, 6.45) is -5.12. The van der Waals surface area contributed by atoms with Gasteiger partial charge in [0.2, 0.25) is 0 Å². The van der Waals surface area contributed by atoms with E-state index < -0.39 is 18.9 Å². The summed E-state index contributed by atoms with van der Waals surface area (Å²) in [5, 5.41) is 12.2. The van der Waals surface area contributed by atoms with E-state index in [1.54, 1.807) is 0 Å². The minimum Gasteiger partial charge on any atom is -0.390 e. The van der Waals surface area contributed by atoms with Crippen molar-refractivity contribution in [2.45, 2.75) is 44.9 Å². The minimum absolute atomic E-state index is 0.0769. The van der Waals surface area contributed by atoms with E-state index in [2.05, 4.69) is 9.72 Å². The number of ether oxygens (including phenoxy) is 1. The van der Waals surface area contributed by atoms with Crippen molar-refractivity contribution >= 4 is 11.3 Å². The minimum atomic E-state index is -4.36. The van der Waals surface area contributed by atoms with E-state index in [0.717, 1.165) is 5.69 Å². The number of aromatic nitrogens is 1. The Bertz CT molecular complexity index is 398. The number of aliphatic hydroxyl groups excluding tert-OH is 1. The summed E-state index contributed by atoms with van der Waals surface area (Å²) in [7, 11) is 0. The molecule has 0 saturated carbocycles. The van der Waals surface area contributed by atoms with Crippen molar-refractivity contribution in [3.05, 3.63) is 16.1 Å². The maximum atomic E-state index is 11.9. The third kappa shape index (κ3) is 6.35. The quantitative estimate of drug-likeness (QED) is 0.908. The zero-order chi connectivity index (χ0) is 14.7. The van der Waals surface area contributed by atoms with Gasteiger partial charge >= 0.3 is 6.18 Å². The Labute approximate surface area is 114 Å². The van der Waals surface area contributed by atoms with Crippen molar-refractivity contribution in [2.75, 3.05) is 13.2 Å². The summed E-state index contributed by atoms with van der Waals surface area (Å²) in [6.45, 7) is 4.39. The Morgan fingerprint density at radius 2 is 2.00 bits per heavy atom. The number of nitrogens with zero attached hydrogens (tertiary/aromatic N) is 1. The van der Waals surface area contributed by atoms with Crippen molar-refractivity contribution in [2.24, 2.45) is 0 Å². The Balaban J connectivity index is 2.40. The van der Waals surface area contributed by atoms with Gasteiger partial charge in [0.15, 0.2) is 0 Å². The monoisotopic (exact) mass is 297 g/mol. The predicted molar refractivity (Wildman–Crippen MR) is 67.4 cm³/mol. The molecule has 1 heterocycles. The first-order valence-electron chi connectivity index (χ1n) is 5.85. The highest BCUT2D eigenvalue weighted by Crippen LogP contribution is 2.24. The first-order valence-corrected chi connectivity index (χ1v) is 6.73. The Hall–Kier alpha value is -0.660. The topological polar surface area (TPSA) is 42.4 Å². The van der Waals surface area contributed by atoms with Gasteiger partial charge in [-0.2, -0.15) is 13.2 Å². The first-order chi connectivity index (χ1) is 8.58. The molecule has 1 aromatic heterocycles. The molecule has 1 unspecified atom stereocenters. The molecule has 7 heteroatoms. The average molecular weight is 297 g/mol. The van der Waals surface area contributed by atoms with Crippen LogP contribution in [0.3, 0.4) is 0 Å². The van der Waals surface area contributed by atoms with Crippen LogP contribution in [0.5, 0.6) is 0 Å². The Kier molecular flexibility index (Phi) is 5.34. The summed E-state index contributed by atoms with van der Waals surface area (Å²) in [5.41, 5.74) is 0.836. The van der Waals surface area contributed by atoms with Crippen LogP contribution < -0.4 is 0 Å². The fraction of sp³-hybridized carbons (Fsp3) is 0.750. The van der Waals surface area contributed by atoms with Gasteiger partial charge < -0.3 is 9.84 Å². The van der Waals surface area contributed by atoms with Crippen molar-refractivity contribution in [3.63, 3.8) is 0 Å². The van der Waals surface area contributed by atoms with E-state index in [-0.39, 0.29) is 18.4 Å². The molecule has 0 aromatic carbocycles. The largest absolute Gasteiger partial charge is 0.411 e. The highest BCUT2D eigenvalue weighted by Gasteiger charge is 2.28. The lowest BCUT2D eigenvalue weighted by molar-refractivity contribution is -0.179. The second-order valence-corrected chi connectivity index (χ2v) is 6.31. The van der Waals surface area contributed by atoms with Crippen molar-refractivity contribution < 1.29 is 23.0 Å².